The van der Waals surface area contributed by atoms with Crippen LogP contribution in [0.1, 0.15) is 38.5 Å². The summed E-state index contributed by atoms with van der Waals surface area (Å²) >= 11 is 0. The van der Waals surface area contributed by atoms with Crippen molar-refractivity contribution in [2.75, 3.05) is 0 Å². The molecule has 180 valence electrons. The first-order valence-corrected chi connectivity index (χ1v) is 11.1. The van der Waals surface area contributed by atoms with Crippen LogP contribution in [0, 0.1) is 47.3 Å². The van der Waals surface area contributed by atoms with Crippen LogP contribution in [0.4, 0.5) is 0 Å². The minimum Gasteiger partial charge on any atom is -0.393 e. The number of ether oxygens (including phenoxy) is 4. The molecule has 8 atom stereocenters. The van der Waals surface area contributed by atoms with Gasteiger partial charge < -0.3 is 18.9 Å². The van der Waals surface area contributed by atoms with Crippen LogP contribution < -0.4 is 0 Å². The molecule has 4 aliphatic heterocycles. The summed E-state index contributed by atoms with van der Waals surface area (Å²) in [6.07, 6.45) is -0.695. The normalized spacial score (nSPS) is 40.5. The number of esters is 8. The first kappa shape index (κ1) is 22.4. The fraction of sp³-hybridized carbons (Fsp3) is 0.636. The first-order valence-electron chi connectivity index (χ1n) is 11.1. The molecule has 1 saturated carbocycles. The zero-order valence-electron chi connectivity index (χ0n) is 17.8. The van der Waals surface area contributed by atoms with E-state index in [4.69, 9.17) is 18.9 Å². The molecule has 6 bridgehead atoms. The molecular formula is C22H20O12. The van der Waals surface area contributed by atoms with Gasteiger partial charge in [0.25, 0.3) is 0 Å². The van der Waals surface area contributed by atoms with Crippen molar-refractivity contribution >= 4 is 47.8 Å². The SMILES string of the molecule is O=C1OC(=O)C2CC1CC1CC(C(=O)OC1=O)C1CC(CC3C(=O)OC(=O)C3C2)C(=O)OC1=O. The average Bonchev–Trinajstić information content (AvgIpc) is 3.01. The summed E-state index contributed by atoms with van der Waals surface area (Å²) in [4.78, 5) is 99.4. The summed E-state index contributed by atoms with van der Waals surface area (Å²) in [5.41, 5.74) is 0. The Labute approximate surface area is 191 Å². The average molecular weight is 476 g/mol. The lowest BCUT2D eigenvalue weighted by Crippen LogP contribution is -2.47. The monoisotopic (exact) mass is 476 g/mol. The van der Waals surface area contributed by atoms with Crippen molar-refractivity contribution in [2.45, 2.75) is 38.5 Å². The Morgan fingerprint density at radius 3 is 0.853 bits per heavy atom. The van der Waals surface area contributed by atoms with Gasteiger partial charge in [-0.05, 0) is 38.5 Å². The molecule has 0 radical (unpaired) electrons. The molecule has 4 heterocycles. The van der Waals surface area contributed by atoms with Gasteiger partial charge in [-0.25, -0.2) is 0 Å². The molecule has 0 amide bonds. The van der Waals surface area contributed by atoms with Crippen molar-refractivity contribution in [1.82, 2.24) is 0 Å². The Morgan fingerprint density at radius 2 is 0.529 bits per heavy atom. The standard InChI is InChI=1S/C22H20O12/c23-15-7-1-8(16(24)31-15)3-12-14(22(30)34-21(12)29)6-10-5-13(20(28)33-18(10)26)11-4-9(2-7)17(25)32-19(11)27/h7-14H,1-6H2. The van der Waals surface area contributed by atoms with E-state index >= 15 is 0 Å². The molecule has 5 fully saturated rings. The third-order valence-corrected chi connectivity index (χ3v) is 7.61. The number of hydrogen-bond acceptors (Lipinski definition) is 12. The Bertz CT molecular complexity index is 1040. The van der Waals surface area contributed by atoms with E-state index in [1.165, 1.54) is 0 Å². The molecule has 12 nitrogen and oxygen atoms in total. The lowest BCUT2D eigenvalue weighted by molar-refractivity contribution is -0.187. The van der Waals surface area contributed by atoms with Gasteiger partial charge in [-0.1, -0.05) is 0 Å². The van der Waals surface area contributed by atoms with Gasteiger partial charge in [0.05, 0.1) is 47.3 Å². The maximum atomic E-state index is 12.5. The summed E-state index contributed by atoms with van der Waals surface area (Å²) in [7, 11) is 0. The molecule has 4 saturated heterocycles. The van der Waals surface area contributed by atoms with Crippen molar-refractivity contribution < 1.29 is 57.3 Å². The Hall–Kier alpha value is -3.44. The first-order chi connectivity index (χ1) is 16.1. The number of carbonyl (C=O) groups excluding carboxylic acids is 8. The van der Waals surface area contributed by atoms with E-state index in [2.05, 4.69) is 0 Å². The summed E-state index contributed by atoms with van der Waals surface area (Å²) in [5, 5.41) is 0. The Balaban J connectivity index is 1.53. The molecule has 0 aromatic heterocycles. The maximum Gasteiger partial charge on any atom is 0.317 e. The maximum absolute atomic E-state index is 12.5. The minimum atomic E-state index is -1.10. The molecule has 34 heavy (non-hydrogen) atoms. The second-order valence-corrected chi connectivity index (χ2v) is 9.59. The van der Waals surface area contributed by atoms with Gasteiger partial charge in [-0.3, -0.25) is 38.4 Å². The van der Waals surface area contributed by atoms with Crippen LogP contribution in [0.3, 0.4) is 0 Å². The van der Waals surface area contributed by atoms with E-state index in [1.807, 2.05) is 0 Å². The van der Waals surface area contributed by atoms with Crippen molar-refractivity contribution in [3.63, 3.8) is 0 Å². The highest BCUT2D eigenvalue weighted by molar-refractivity contribution is 5.99. The summed E-state index contributed by atoms with van der Waals surface area (Å²) in [6, 6.07) is 0. The van der Waals surface area contributed by atoms with Crippen molar-refractivity contribution in [2.24, 2.45) is 47.3 Å². The molecule has 1 aliphatic carbocycles. The predicted octanol–water partition coefficient (Wildman–Crippen LogP) is -0.396. The number of fused-ring (bicyclic) bond motifs is 8. The van der Waals surface area contributed by atoms with Gasteiger partial charge in [0.15, 0.2) is 0 Å². The minimum absolute atomic E-state index is 0.0292. The number of hydrogen-bond donors (Lipinski definition) is 0. The van der Waals surface area contributed by atoms with Gasteiger partial charge in [-0.2, -0.15) is 0 Å². The van der Waals surface area contributed by atoms with Gasteiger partial charge >= 0.3 is 47.8 Å². The van der Waals surface area contributed by atoms with Crippen molar-refractivity contribution in [1.29, 1.82) is 0 Å². The third kappa shape index (κ3) is 3.70. The molecule has 12 heteroatoms. The molecule has 5 aliphatic rings. The fourth-order valence-corrected chi connectivity index (χ4v) is 5.80. The largest absolute Gasteiger partial charge is 0.393 e. The lowest BCUT2D eigenvalue weighted by atomic mass is 9.70. The molecule has 8 unspecified atom stereocenters. The highest BCUT2D eigenvalue weighted by Crippen LogP contribution is 2.44. The quantitative estimate of drug-likeness (QED) is 0.252. The van der Waals surface area contributed by atoms with E-state index in [9.17, 15) is 38.4 Å². The topological polar surface area (TPSA) is 173 Å². The van der Waals surface area contributed by atoms with Gasteiger partial charge in [-0.15, -0.1) is 0 Å². The van der Waals surface area contributed by atoms with Crippen LogP contribution in [0.25, 0.3) is 0 Å². The fourth-order valence-electron chi connectivity index (χ4n) is 5.80. The van der Waals surface area contributed by atoms with Crippen LogP contribution >= 0.6 is 0 Å². The zero-order valence-corrected chi connectivity index (χ0v) is 17.8. The molecule has 0 spiro atoms. The van der Waals surface area contributed by atoms with E-state index in [0.29, 0.717) is 0 Å². The number of cyclic esters (lactones) is 8. The van der Waals surface area contributed by atoms with E-state index in [0.717, 1.165) is 0 Å². The van der Waals surface area contributed by atoms with Gasteiger partial charge in [0.2, 0.25) is 0 Å². The molecule has 0 aromatic carbocycles. The van der Waals surface area contributed by atoms with Crippen LogP contribution in [0.2, 0.25) is 0 Å². The van der Waals surface area contributed by atoms with Gasteiger partial charge in [0.1, 0.15) is 0 Å². The number of carbonyl (C=O) groups is 8. The Morgan fingerprint density at radius 1 is 0.324 bits per heavy atom. The van der Waals surface area contributed by atoms with Crippen LogP contribution in [-0.2, 0) is 57.3 Å². The third-order valence-electron chi connectivity index (χ3n) is 7.61. The van der Waals surface area contributed by atoms with Crippen LogP contribution in [-0.4, -0.2) is 47.8 Å². The molecule has 5 rings (SSSR count). The predicted molar refractivity (Wildman–Crippen MR) is 100 cm³/mol. The van der Waals surface area contributed by atoms with E-state index in [1.54, 1.807) is 0 Å². The van der Waals surface area contributed by atoms with Crippen molar-refractivity contribution in [3.8, 4) is 0 Å². The van der Waals surface area contributed by atoms with Gasteiger partial charge in [0, 0.05) is 0 Å². The highest BCUT2D eigenvalue weighted by Gasteiger charge is 2.54. The summed E-state index contributed by atoms with van der Waals surface area (Å²) in [5.74, 6) is -15.1. The zero-order chi connectivity index (χ0) is 24.3. The highest BCUT2D eigenvalue weighted by atomic mass is 16.6. The molecule has 0 N–H and O–H groups in total. The second kappa shape index (κ2) is 8.10. The molecule has 0 aromatic rings. The van der Waals surface area contributed by atoms with E-state index in [-0.39, 0.29) is 38.5 Å². The lowest BCUT2D eigenvalue weighted by Gasteiger charge is -2.37. The van der Waals surface area contributed by atoms with Crippen molar-refractivity contribution in [3.05, 3.63) is 0 Å². The Kier molecular flexibility index (Phi) is 5.33. The van der Waals surface area contributed by atoms with Crippen LogP contribution in [0.5, 0.6) is 0 Å². The smallest absolute Gasteiger partial charge is 0.317 e. The number of rotatable bonds is 0. The van der Waals surface area contributed by atoms with E-state index < -0.39 is 95.1 Å². The second-order valence-electron chi connectivity index (χ2n) is 9.59. The summed E-state index contributed by atoms with van der Waals surface area (Å²) in [6.45, 7) is 0. The summed E-state index contributed by atoms with van der Waals surface area (Å²) < 4.78 is 19.4. The molecular weight excluding hydrogens is 456 g/mol. The van der Waals surface area contributed by atoms with Crippen LogP contribution in [0.15, 0.2) is 0 Å².